The Morgan fingerprint density at radius 2 is 1.96 bits per heavy atom. The van der Waals surface area contributed by atoms with Gasteiger partial charge in [0.05, 0.1) is 30.1 Å². The van der Waals surface area contributed by atoms with Gasteiger partial charge in [-0.1, -0.05) is 0 Å². The van der Waals surface area contributed by atoms with Gasteiger partial charge < -0.3 is 9.30 Å². The average molecular weight is 327 g/mol. The van der Waals surface area contributed by atoms with Crippen LogP contribution in [0.4, 0.5) is 0 Å². The van der Waals surface area contributed by atoms with Crippen LogP contribution in [0.5, 0.6) is 0 Å². The van der Waals surface area contributed by atoms with Crippen LogP contribution in [0.25, 0.3) is 11.4 Å². The lowest BCUT2D eigenvalue weighted by atomic mass is 9.92. The van der Waals surface area contributed by atoms with E-state index < -0.39 is 0 Å². The first-order valence-corrected chi connectivity index (χ1v) is 8.91. The summed E-state index contributed by atoms with van der Waals surface area (Å²) >= 11 is 0. The van der Waals surface area contributed by atoms with Crippen LogP contribution in [0, 0.1) is 0 Å². The van der Waals surface area contributed by atoms with Crippen LogP contribution in [-0.4, -0.2) is 56.8 Å². The molecule has 0 saturated carbocycles. The molecule has 1 unspecified atom stereocenters. The maximum Gasteiger partial charge on any atom is 0.107 e. The maximum atomic E-state index is 5.51. The number of hydrogen-bond donors (Lipinski definition) is 0. The summed E-state index contributed by atoms with van der Waals surface area (Å²) in [5, 5.41) is 0. The van der Waals surface area contributed by atoms with Crippen LogP contribution >= 0.6 is 0 Å². The summed E-state index contributed by atoms with van der Waals surface area (Å²) in [4.78, 5) is 16.2. The Hall–Kier alpha value is -1.79. The van der Waals surface area contributed by atoms with Crippen LogP contribution in [0.2, 0.25) is 0 Å². The highest BCUT2D eigenvalue weighted by Crippen LogP contribution is 2.29. The summed E-state index contributed by atoms with van der Waals surface area (Å²) in [5.41, 5.74) is 3.04. The van der Waals surface area contributed by atoms with Gasteiger partial charge in [0.25, 0.3) is 0 Å². The predicted molar refractivity (Wildman–Crippen MR) is 91.6 cm³/mol. The third-order valence-electron chi connectivity index (χ3n) is 5.31. The monoisotopic (exact) mass is 327 g/mol. The Labute approximate surface area is 142 Å². The molecule has 6 heteroatoms. The Bertz CT molecular complexity index is 680. The van der Waals surface area contributed by atoms with Crippen molar-refractivity contribution in [3.63, 3.8) is 0 Å². The van der Waals surface area contributed by atoms with Crippen molar-refractivity contribution < 1.29 is 4.74 Å². The molecule has 6 nitrogen and oxygen atoms in total. The van der Waals surface area contributed by atoms with E-state index in [0.29, 0.717) is 12.0 Å². The summed E-state index contributed by atoms with van der Waals surface area (Å²) in [6, 6.07) is 0.676. The van der Waals surface area contributed by atoms with Crippen LogP contribution < -0.4 is 0 Å². The summed E-state index contributed by atoms with van der Waals surface area (Å²) in [5.74, 6) is 0.474. The second-order valence-electron chi connectivity index (χ2n) is 6.90. The number of ether oxygens (including phenoxy) is 1. The molecule has 0 amide bonds. The van der Waals surface area contributed by atoms with Crippen LogP contribution in [0.3, 0.4) is 0 Å². The molecular weight excluding hydrogens is 302 g/mol. The summed E-state index contributed by atoms with van der Waals surface area (Å²) < 4.78 is 7.50. The van der Waals surface area contributed by atoms with Gasteiger partial charge in [-0.2, -0.15) is 0 Å². The second-order valence-corrected chi connectivity index (χ2v) is 6.90. The van der Waals surface area contributed by atoms with Gasteiger partial charge >= 0.3 is 0 Å². The second kappa shape index (κ2) is 6.99. The highest BCUT2D eigenvalue weighted by atomic mass is 16.5. The van der Waals surface area contributed by atoms with Crippen molar-refractivity contribution in [2.75, 3.05) is 26.3 Å². The van der Waals surface area contributed by atoms with Crippen molar-refractivity contribution in [2.24, 2.45) is 7.05 Å². The Morgan fingerprint density at radius 3 is 2.75 bits per heavy atom. The van der Waals surface area contributed by atoms with Gasteiger partial charge in [-0.25, -0.2) is 9.97 Å². The number of aromatic nitrogens is 4. The van der Waals surface area contributed by atoms with E-state index in [-0.39, 0.29) is 0 Å². The molecule has 0 spiro atoms. The number of rotatable bonds is 3. The fourth-order valence-electron chi connectivity index (χ4n) is 3.93. The van der Waals surface area contributed by atoms with Crippen molar-refractivity contribution in [1.29, 1.82) is 0 Å². The Kier molecular flexibility index (Phi) is 4.58. The predicted octanol–water partition coefficient (Wildman–Crippen LogP) is 2.24. The third kappa shape index (κ3) is 3.21. The van der Waals surface area contributed by atoms with E-state index in [1.54, 1.807) is 6.33 Å². The van der Waals surface area contributed by atoms with Gasteiger partial charge in [0.2, 0.25) is 0 Å². The van der Waals surface area contributed by atoms with E-state index in [2.05, 4.69) is 14.9 Å². The highest BCUT2D eigenvalue weighted by molar-refractivity contribution is 5.52. The number of nitrogens with zero attached hydrogens (tertiary/aromatic N) is 5. The zero-order valence-corrected chi connectivity index (χ0v) is 14.3. The molecule has 0 aliphatic carbocycles. The van der Waals surface area contributed by atoms with Crippen LogP contribution in [0.15, 0.2) is 24.9 Å². The molecule has 4 rings (SSSR count). The first kappa shape index (κ1) is 15.7. The van der Waals surface area contributed by atoms with Crippen molar-refractivity contribution in [3.8, 4) is 11.4 Å². The number of imidazole rings is 1. The first-order valence-electron chi connectivity index (χ1n) is 8.91. The first-order chi connectivity index (χ1) is 11.8. The zero-order chi connectivity index (χ0) is 16.4. The molecule has 2 aliphatic rings. The molecule has 0 N–H and O–H groups in total. The van der Waals surface area contributed by atoms with E-state index in [9.17, 15) is 0 Å². The van der Waals surface area contributed by atoms with E-state index in [1.807, 2.05) is 30.2 Å². The molecule has 128 valence electrons. The van der Waals surface area contributed by atoms with Gasteiger partial charge in [0, 0.05) is 45.0 Å². The molecular formula is C18H25N5O. The molecule has 2 fully saturated rings. The van der Waals surface area contributed by atoms with Crippen LogP contribution in [-0.2, 0) is 11.8 Å². The fraction of sp³-hybridized carbons (Fsp3) is 0.611. The molecule has 1 atom stereocenters. The van der Waals surface area contributed by atoms with E-state index >= 15 is 0 Å². The molecule has 2 saturated heterocycles. The topological polar surface area (TPSA) is 56.1 Å². The minimum atomic E-state index is 0.474. The van der Waals surface area contributed by atoms with Gasteiger partial charge in [-0.05, 0) is 32.2 Å². The zero-order valence-electron chi connectivity index (χ0n) is 14.3. The van der Waals surface area contributed by atoms with Crippen molar-refractivity contribution in [1.82, 2.24) is 24.4 Å². The molecule has 24 heavy (non-hydrogen) atoms. The fourth-order valence-corrected chi connectivity index (χ4v) is 3.93. The maximum absolute atomic E-state index is 5.51. The van der Waals surface area contributed by atoms with Crippen LogP contribution in [0.1, 0.15) is 37.3 Å². The largest absolute Gasteiger partial charge is 0.381 e. The molecule has 0 aromatic carbocycles. The molecule has 0 radical (unpaired) electrons. The third-order valence-corrected chi connectivity index (χ3v) is 5.31. The number of hydrogen-bond acceptors (Lipinski definition) is 5. The van der Waals surface area contributed by atoms with Gasteiger partial charge in [-0.3, -0.25) is 9.88 Å². The average Bonchev–Trinajstić information content (AvgIpc) is 3.09. The molecule has 2 aromatic rings. The number of piperidine rings is 1. The minimum absolute atomic E-state index is 0.474. The summed E-state index contributed by atoms with van der Waals surface area (Å²) in [6.45, 7) is 4.10. The van der Waals surface area contributed by atoms with E-state index in [1.165, 1.54) is 19.4 Å². The Morgan fingerprint density at radius 1 is 1.08 bits per heavy atom. The van der Waals surface area contributed by atoms with E-state index in [0.717, 1.165) is 49.7 Å². The van der Waals surface area contributed by atoms with E-state index in [4.69, 9.17) is 9.72 Å². The van der Waals surface area contributed by atoms with Gasteiger partial charge in [-0.15, -0.1) is 0 Å². The number of likely N-dealkylation sites (tertiary alicyclic amines) is 1. The highest BCUT2D eigenvalue weighted by Gasteiger charge is 2.28. The molecule has 2 aliphatic heterocycles. The molecule has 4 heterocycles. The molecule has 0 bridgehead atoms. The quantitative estimate of drug-likeness (QED) is 0.865. The smallest absolute Gasteiger partial charge is 0.107 e. The summed E-state index contributed by atoms with van der Waals surface area (Å²) in [7, 11) is 1.99. The SMILES string of the molecule is Cn1cncc1-c1cncc(C2CCCN(C3CCOCC3)C2)n1. The van der Waals surface area contributed by atoms with Crippen molar-refractivity contribution in [3.05, 3.63) is 30.6 Å². The standard InChI is InChI=1S/C18H25N5O/c1-22-13-20-11-18(22)17-10-19-9-16(21-17)14-3-2-6-23(12-14)15-4-7-24-8-5-15/h9-11,13-15H,2-8,12H2,1H3. The molecule has 2 aromatic heterocycles. The Balaban J connectivity index is 1.52. The van der Waals surface area contributed by atoms with Gasteiger partial charge in [0.1, 0.15) is 5.69 Å². The van der Waals surface area contributed by atoms with Gasteiger partial charge in [0.15, 0.2) is 0 Å². The summed E-state index contributed by atoms with van der Waals surface area (Å²) in [6.07, 6.45) is 12.2. The van der Waals surface area contributed by atoms with Crippen molar-refractivity contribution >= 4 is 0 Å². The lowest BCUT2D eigenvalue weighted by molar-refractivity contribution is 0.0237. The number of aryl methyl sites for hydroxylation is 1. The lowest BCUT2D eigenvalue weighted by Crippen LogP contribution is -2.44. The van der Waals surface area contributed by atoms with Crippen molar-refractivity contribution in [2.45, 2.75) is 37.6 Å². The lowest BCUT2D eigenvalue weighted by Gasteiger charge is -2.39. The normalized spacial score (nSPS) is 23.5. The minimum Gasteiger partial charge on any atom is -0.381 e.